The topological polar surface area (TPSA) is 72.9 Å². The van der Waals surface area contributed by atoms with Crippen LogP contribution >= 0.6 is 0 Å². The van der Waals surface area contributed by atoms with Gasteiger partial charge in [0.1, 0.15) is 17.2 Å². The second-order valence-electron chi connectivity index (χ2n) is 9.35. The molecule has 0 radical (unpaired) electrons. The number of nitrogens with zero attached hydrogens (tertiary/aromatic N) is 1. The van der Waals surface area contributed by atoms with Gasteiger partial charge in [-0.1, -0.05) is 30.3 Å². The van der Waals surface area contributed by atoms with Gasteiger partial charge in [0.05, 0.1) is 12.6 Å². The molecule has 1 aliphatic rings. The highest BCUT2D eigenvalue weighted by Gasteiger charge is 2.62. The molecule has 0 spiro atoms. The molecule has 1 aliphatic heterocycles. The average Bonchev–Trinajstić information content (AvgIpc) is 2.97. The lowest BCUT2D eigenvalue weighted by Crippen LogP contribution is -2.47. The van der Waals surface area contributed by atoms with Gasteiger partial charge in [0.2, 0.25) is 0 Å². The standard InChI is InChI=1S/C23H22F7NO5S/c1-21(2,3)35-20(32)31-12-22(26,27)19(36-37(33,34)23(28,29)30)17(31)11-14-7-5-9-16(18(14)25)13-6-4-8-15(24)10-13/h4-10,17,19H,11-12H2,1-3H3/t17-,19?/m0/s1. The molecule has 204 valence electrons. The van der Waals surface area contributed by atoms with Crippen molar-refractivity contribution in [1.29, 1.82) is 0 Å². The number of halogens is 7. The maximum atomic E-state index is 15.4. The Morgan fingerprint density at radius 1 is 1.08 bits per heavy atom. The zero-order chi connectivity index (χ0) is 28.0. The molecule has 6 nitrogen and oxygen atoms in total. The largest absolute Gasteiger partial charge is 0.523 e. The van der Waals surface area contributed by atoms with Crippen molar-refractivity contribution in [1.82, 2.24) is 4.90 Å². The van der Waals surface area contributed by atoms with E-state index < -0.39 is 70.0 Å². The molecule has 0 N–H and O–H groups in total. The first-order valence-electron chi connectivity index (χ1n) is 10.7. The molecule has 0 aromatic heterocycles. The number of likely N-dealkylation sites (tertiary alicyclic amines) is 1. The van der Waals surface area contributed by atoms with Crippen LogP contribution in [-0.2, 0) is 25.5 Å². The number of ether oxygens (including phenoxy) is 1. The van der Waals surface area contributed by atoms with Crippen molar-refractivity contribution in [2.24, 2.45) is 0 Å². The SMILES string of the molecule is CC(C)(C)OC(=O)N1CC(F)(F)C(OS(=O)(=O)C(F)(F)F)[C@@H]1Cc1cccc(-c2cccc(F)c2)c1F. The monoisotopic (exact) mass is 557 g/mol. The Labute approximate surface area is 208 Å². The first-order chi connectivity index (χ1) is 16.8. The maximum absolute atomic E-state index is 15.4. The first-order valence-corrected chi connectivity index (χ1v) is 12.1. The van der Waals surface area contributed by atoms with E-state index in [4.69, 9.17) is 4.74 Å². The Morgan fingerprint density at radius 3 is 2.27 bits per heavy atom. The van der Waals surface area contributed by atoms with Crippen LogP contribution in [0.2, 0.25) is 0 Å². The third-order valence-electron chi connectivity index (χ3n) is 5.33. The molecule has 3 rings (SSSR count). The van der Waals surface area contributed by atoms with Crippen molar-refractivity contribution in [3.63, 3.8) is 0 Å². The summed E-state index contributed by atoms with van der Waals surface area (Å²) in [4.78, 5) is 13.0. The normalized spacial score (nSPS) is 20.2. The Balaban J connectivity index is 2.07. The number of amides is 1. The summed E-state index contributed by atoms with van der Waals surface area (Å²) in [6.45, 7) is 2.66. The fourth-order valence-corrected chi connectivity index (χ4v) is 4.44. The van der Waals surface area contributed by atoms with E-state index >= 15 is 4.39 Å². The highest BCUT2D eigenvalue weighted by Crippen LogP contribution is 2.41. The van der Waals surface area contributed by atoms with E-state index in [1.54, 1.807) is 0 Å². The first kappa shape index (κ1) is 28.7. The summed E-state index contributed by atoms with van der Waals surface area (Å²) in [6, 6.07) is 6.33. The molecule has 1 saturated heterocycles. The fraction of sp³-hybridized carbons (Fsp3) is 0.435. The molecule has 14 heteroatoms. The van der Waals surface area contributed by atoms with Crippen LogP contribution < -0.4 is 0 Å². The smallest absolute Gasteiger partial charge is 0.444 e. The highest BCUT2D eigenvalue weighted by atomic mass is 32.2. The molecule has 0 bridgehead atoms. The van der Waals surface area contributed by atoms with E-state index in [0.29, 0.717) is 4.90 Å². The number of rotatable bonds is 5. The van der Waals surface area contributed by atoms with Gasteiger partial charge in [-0.05, 0) is 50.5 Å². The molecule has 1 unspecified atom stereocenters. The van der Waals surface area contributed by atoms with Crippen LogP contribution in [0.1, 0.15) is 26.3 Å². The van der Waals surface area contributed by atoms with Crippen molar-refractivity contribution in [2.75, 3.05) is 6.54 Å². The number of hydrogen-bond acceptors (Lipinski definition) is 5. The second kappa shape index (κ2) is 9.78. The maximum Gasteiger partial charge on any atom is 0.523 e. The predicted octanol–water partition coefficient (Wildman–Crippen LogP) is 5.66. The van der Waals surface area contributed by atoms with E-state index in [1.807, 2.05) is 0 Å². The minimum atomic E-state index is -6.52. The third kappa shape index (κ3) is 6.35. The fourth-order valence-electron chi connectivity index (χ4n) is 3.78. The minimum Gasteiger partial charge on any atom is -0.444 e. The number of carbonyl (C=O) groups is 1. The molecular formula is C23H22F7NO5S. The van der Waals surface area contributed by atoms with Crippen LogP contribution in [-0.4, -0.2) is 55.1 Å². The van der Waals surface area contributed by atoms with Gasteiger partial charge >= 0.3 is 21.7 Å². The Morgan fingerprint density at radius 2 is 1.70 bits per heavy atom. The van der Waals surface area contributed by atoms with E-state index in [0.717, 1.165) is 18.2 Å². The number of benzene rings is 2. The van der Waals surface area contributed by atoms with Crippen LogP contribution in [0.3, 0.4) is 0 Å². The lowest BCUT2D eigenvalue weighted by atomic mass is 9.96. The van der Waals surface area contributed by atoms with Crippen LogP contribution in [0, 0.1) is 11.6 Å². The molecule has 2 aromatic carbocycles. The lowest BCUT2D eigenvalue weighted by Gasteiger charge is -2.30. The molecule has 2 aromatic rings. The predicted molar refractivity (Wildman–Crippen MR) is 117 cm³/mol. The van der Waals surface area contributed by atoms with E-state index in [2.05, 4.69) is 4.18 Å². The van der Waals surface area contributed by atoms with E-state index in [1.165, 1.54) is 45.0 Å². The molecule has 1 amide bonds. The summed E-state index contributed by atoms with van der Waals surface area (Å²) in [7, 11) is -6.52. The summed E-state index contributed by atoms with van der Waals surface area (Å²) >= 11 is 0. The van der Waals surface area contributed by atoms with Crippen molar-refractivity contribution >= 4 is 16.2 Å². The van der Waals surface area contributed by atoms with Gasteiger partial charge in [-0.3, -0.25) is 9.08 Å². The summed E-state index contributed by atoms with van der Waals surface area (Å²) in [5, 5.41) is 0. The zero-order valence-corrected chi connectivity index (χ0v) is 20.5. The molecule has 0 saturated carbocycles. The summed E-state index contributed by atoms with van der Waals surface area (Å²) in [5.41, 5.74) is -7.69. The van der Waals surface area contributed by atoms with Gasteiger partial charge < -0.3 is 4.74 Å². The van der Waals surface area contributed by atoms with Gasteiger partial charge in [-0.25, -0.2) is 22.4 Å². The van der Waals surface area contributed by atoms with Crippen LogP contribution in [0.4, 0.5) is 35.5 Å². The molecule has 1 fully saturated rings. The third-order valence-corrected chi connectivity index (χ3v) is 6.36. The minimum absolute atomic E-state index is 0.0764. The zero-order valence-electron chi connectivity index (χ0n) is 19.7. The summed E-state index contributed by atoms with van der Waals surface area (Å²) in [6.07, 6.45) is -5.28. The Kier molecular flexibility index (Phi) is 7.59. The van der Waals surface area contributed by atoms with Crippen molar-refractivity contribution in [3.8, 4) is 11.1 Å². The summed E-state index contributed by atoms with van der Waals surface area (Å²) in [5.74, 6) is -6.01. The number of alkyl halides is 5. The van der Waals surface area contributed by atoms with Gasteiger partial charge in [-0.15, -0.1) is 0 Å². The van der Waals surface area contributed by atoms with Crippen LogP contribution in [0.5, 0.6) is 0 Å². The lowest BCUT2D eigenvalue weighted by molar-refractivity contribution is -0.0902. The van der Waals surface area contributed by atoms with Crippen molar-refractivity contribution < 1.29 is 52.9 Å². The molecular weight excluding hydrogens is 535 g/mol. The number of carbonyl (C=O) groups excluding carboxylic acids is 1. The Hall–Kier alpha value is -2.87. The Bertz CT molecular complexity index is 1270. The molecule has 2 atom stereocenters. The summed E-state index contributed by atoms with van der Waals surface area (Å²) < 4.78 is 130. The average molecular weight is 557 g/mol. The second-order valence-corrected chi connectivity index (χ2v) is 10.9. The highest BCUT2D eigenvalue weighted by molar-refractivity contribution is 7.87. The van der Waals surface area contributed by atoms with Gasteiger partial charge in [0.15, 0.2) is 6.10 Å². The van der Waals surface area contributed by atoms with E-state index in [-0.39, 0.29) is 16.7 Å². The van der Waals surface area contributed by atoms with Crippen LogP contribution in [0.25, 0.3) is 11.1 Å². The van der Waals surface area contributed by atoms with Gasteiger partial charge in [-0.2, -0.15) is 21.6 Å². The van der Waals surface area contributed by atoms with E-state index in [9.17, 15) is 39.6 Å². The van der Waals surface area contributed by atoms with Crippen molar-refractivity contribution in [3.05, 3.63) is 59.7 Å². The quantitative estimate of drug-likeness (QED) is 0.270. The number of hydrogen-bond donors (Lipinski definition) is 0. The van der Waals surface area contributed by atoms with Gasteiger partial charge in [0.25, 0.3) is 5.92 Å². The van der Waals surface area contributed by atoms with Gasteiger partial charge in [0, 0.05) is 5.56 Å². The van der Waals surface area contributed by atoms with Crippen LogP contribution in [0.15, 0.2) is 42.5 Å². The van der Waals surface area contributed by atoms with Crippen molar-refractivity contribution in [2.45, 2.75) is 56.4 Å². The molecule has 1 heterocycles. The molecule has 0 aliphatic carbocycles. The molecule has 37 heavy (non-hydrogen) atoms.